The summed E-state index contributed by atoms with van der Waals surface area (Å²) in [6, 6.07) is 0. The third-order valence-corrected chi connectivity index (χ3v) is 14.5. The molecule has 0 rings (SSSR count). The van der Waals surface area contributed by atoms with Crippen LogP contribution in [0.25, 0.3) is 0 Å². The Kier molecular flexibility index (Phi) is 59.0. The molecule has 0 amide bonds. The fourth-order valence-corrected chi connectivity index (χ4v) is 9.97. The minimum absolute atomic E-state index is 0.0369. The van der Waals surface area contributed by atoms with Crippen LogP contribution < -0.4 is 0 Å². The van der Waals surface area contributed by atoms with Crippen molar-refractivity contribution in [3.05, 3.63) is 0 Å². The summed E-state index contributed by atoms with van der Waals surface area (Å²) in [6.45, 7) is 5.25. The van der Waals surface area contributed by atoms with Crippen molar-refractivity contribution in [2.24, 2.45) is 0 Å². The third kappa shape index (κ3) is 59.5. The van der Waals surface area contributed by atoms with E-state index in [2.05, 4.69) is 13.8 Å². The zero-order chi connectivity index (χ0) is 45.3. The van der Waals surface area contributed by atoms with Crippen LogP contribution >= 0.6 is 0 Å². The summed E-state index contributed by atoms with van der Waals surface area (Å²) in [5.74, 6) is 0.0369. The van der Waals surface area contributed by atoms with Crippen LogP contribution in [0.5, 0.6) is 0 Å². The van der Waals surface area contributed by atoms with Crippen molar-refractivity contribution in [3.63, 3.8) is 0 Å². The highest BCUT2D eigenvalue weighted by atomic mass is 16.5. The first kappa shape index (κ1) is 62.5. The Morgan fingerprint density at radius 3 is 0.524 bits per heavy atom. The van der Waals surface area contributed by atoms with E-state index < -0.39 is 0 Å². The van der Waals surface area contributed by atoms with E-state index in [0.29, 0.717) is 13.0 Å². The van der Waals surface area contributed by atoms with Gasteiger partial charge in [0.25, 0.3) is 0 Å². The van der Waals surface area contributed by atoms with Crippen LogP contribution in [0.1, 0.15) is 380 Å². The van der Waals surface area contributed by atoms with Gasteiger partial charge in [-0.3, -0.25) is 4.79 Å². The molecule has 0 aliphatic heterocycles. The Bertz CT molecular complexity index is 792. The van der Waals surface area contributed by atoms with E-state index in [9.17, 15) is 4.79 Å². The molecule has 0 unspecified atom stereocenters. The minimum Gasteiger partial charge on any atom is -0.466 e. The molecule has 0 N–H and O–H groups in total. The van der Waals surface area contributed by atoms with Gasteiger partial charge in [0.15, 0.2) is 0 Å². The van der Waals surface area contributed by atoms with Crippen molar-refractivity contribution in [3.8, 4) is 0 Å². The number of esters is 1. The third-order valence-electron chi connectivity index (χ3n) is 14.5. The number of carbonyl (C=O) groups is 1. The first-order valence-corrected chi connectivity index (χ1v) is 30.5. The van der Waals surface area contributed by atoms with Crippen molar-refractivity contribution in [2.45, 2.75) is 380 Å². The Labute approximate surface area is 400 Å². The van der Waals surface area contributed by atoms with E-state index in [1.54, 1.807) is 0 Å². The molecular formula is C61H122O2. The summed E-state index contributed by atoms with van der Waals surface area (Å²) in [4.78, 5) is 12.1. The van der Waals surface area contributed by atoms with Gasteiger partial charge in [0.2, 0.25) is 0 Å². The predicted molar refractivity (Wildman–Crippen MR) is 285 cm³/mol. The van der Waals surface area contributed by atoms with Crippen LogP contribution in [0.3, 0.4) is 0 Å². The quantitative estimate of drug-likeness (QED) is 0.0449. The topological polar surface area (TPSA) is 26.3 Å². The average molecular weight is 888 g/mol. The van der Waals surface area contributed by atoms with Gasteiger partial charge in [0.05, 0.1) is 6.61 Å². The second-order valence-corrected chi connectivity index (χ2v) is 21.1. The normalized spacial score (nSPS) is 11.6. The Balaban J connectivity index is 3.14. The average Bonchev–Trinajstić information content (AvgIpc) is 3.29. The zero-order valence-corrected chi connectivity index (χ0v) is 44.3. The standard InChI is InChI=1S/C61H122O2/c1-3-5-7-9-11-13-15-17-19-21-23-25-27-29-31-32-34-36-38-40-42-44-46-48-50-52-54-56-58-60-63-61(62)59-57-55-53-51-49-47-45-43-41-39-37-35-33-30-28-26-24-22-20-18-16-14-12-10-8-6-4-2/h3-60H2,1-2H3. The van der Waals surface area contributed by atoms with Gasteiger partial charge in [-0.2, -0.15) is 0 Å². The maximum absolute atomic E-state index is 12.1. The summed E-state index contributed by atoms with van der Waals surface area (Å²) < 4.78 is 5.52. The van der Waals surface area contributed by atoms with Crippen LogP contribution in [0, 0.1) is 0 Å². The number of carbonyl (C=O) groups excluding carboxylic acids is 1. The van der Waals surface area contributed by atoms with E-state index >= 15 is 0 Å². The Hall–Kier alpha value is -0.530. The first-order valence-electron chi connectivity index (χ1n) is 30.5. The molecule has 0 spiro atoms. The molecule has 2 nitrogen and oxygen atoms in total. The highest BCUT2D eigenvalue weighted by Gasteiger charge is 2.03. The molecule has 0 aliphatic carbocycles. The number of unbranched alkanes of at least 4 members (excludes halogenated alkanes) is 54. The molecule has 0 saturated heterocycles. The van der Waals surface area contributed by atoms with E-state index in [4.69, 9.17) is 4.74 Å². The molecule has 63 heavy (non-hydrogen) atoms. The lowest BCUT2D eigenvalue weighted by molar-refractivity contribution is -0.143. The smallest absolute Gasteiger partial charge is 0.305 e. The monoisotopic (exact) mass is 887 g/mol. The highest BCUT2D eigenvalue weighted by molar-refractivity contribution is 5.69. The second-order valence-electron chi connectivity index (χ2n) is 21.1. The molecular weight excluding hydrogens is 765 g/mol. The molecule has 0 saturated carbocycles. The molecule has 0 aromatic heterocycles. The predicted octanol–water partition coefficient (Wildman–Crippen LogP) is 22.8. The Morgan fingerprint density at radius 2 is 0.349 bits per heavy atom. The van der Waals surface area contributed by atoms with Gasteiger partial charge in [0.1, 0.15) is 0 Å². The highest BCUT2D eigenvalue weighted by Crippen LogP contribution is 2.19. The number of rotatable bonds is 58. The van der Waals surface area contributed by atoms with E-state index in [0.717, 1.165) is 12.8 Å². The van der Waals surface area contributed by atoms with Crippen LogP contribution in [0.4, 0.5) is 0 Å². The van der Waals surface area contributed by atoms with Crippen LogP contribution in [0.15, 0.2) is 0 Å². The van der Waals surface area contributed by atoms with Gasteiger partial charge in [-0.1, -0.05) is 361 Å². The van der Waals surface area contributed by atoms with E-state index in [-0.39, 0.29) is 5.97 Å². The molecule has 0 radical (unpaired) electrons. The minimum atomic E-state index is 0.0369. The first-order chi connectivity index (χ1) is 31.3. The SMILES string of the molecule is CCCCCCCCCCCCCCCCCCCCCCCCCCCCCCCOC(=O)CCCCCCCCCCCCCCCCCCCCCCCCCCCCC. The van der Waals surface area contributed by atoms with E-state index in [1.165, 1.54) is 347 Å². The summed E-state index contributed by atoms with van der Waals surface area (Å²) in [5, 5.41) is 0. The second kappa shape index (κ2) is 59.5. The van der Waals surface area contributed by atoms with Crippen LogP contribution in [-0.4, -0.2) is 12.6 Å². The van der Waals surface area contributed by atoms with Crippen molar-refractivity contribution in [2.75, 3.05) is 6.61 Å². The van der Waals surface area contributed by atoms with Crippen molar-refractivity contribution in [1.82, 2.24) is 0 Å². The number of hydrogen-bond acceptors (Lipinski definition) is 2. The molecule has 0 aromatic carbocycles. The molecule has 0 heterocycles. The molecule has 378 valence electrons. The van der Waals surface area contributed by atoms with Gasteiger partial charge < -0.3 is 4.74 Å². The van der Waals surface area contributed by atoms with Gasteiger partial charge >= 0.3 is 5.97 Å². The summed E-state index contributed by atoms with van der Waals surface area (Å²) in [6.07, 6.45) is 80.2. The summed E-state index contributed by atoms with van der Waals surface area (Å²) in [5.41, 5.74) is 0. The molecule has 0 atom stereocenters. The fourth-order valence-electron chi connectivity index (χ4n) is 9.97. The van der Waals surface area contributed by atoms with Gasteiger partial charge in [-0.25, -0.2) is 0 Å². The molecule has 2 heteroatoms. The van der Waals surface area contributed by atoms with Gasteiger partial charge in [-0.05, 0) is 12.8 Å². The zero-order valence-electron chi connectivity index (χ0n) is 44.3. The molecule has 0 aliphatic rings. The lowest BCUT2D eigenvalue weighted by Gasteiger charge is -2.06. The summed E-state index contributed by atoms with van der Waals surface area (Å²) in [7, 11) is 0. The summed E-state index contributed by atoms with van der Waals surface area (Å²) >= 11 is 0. The van der Waals surface area contributed by atoms with Crippen LogP contribution in [-0.2, 0) is 9.53 Å². The molecule has 0 bridgehead atoms. The fraction of sp³-hybridized carbons (Fsp3) is 0.984. The number of ether oxygens (including phenoxy) is 1. The van der Waals surface area contributed by atoms with E-state index in [1.807, 2.05) is 0 Å². The molecule has 0 fully saturated rings. The van der Waals surface area contributed by atoms with Gasteiger partial charge in [0, 0.05) is 6.42 Å². The van der Waals surface area contributed by atoms with Crippen LogP contribution in [0.2, 0.25) is 0 Å². The largest absolute Gasteiger partial charge is 0.466 e. The lowest BCUT2D eigenvalue weighted by atomic mass is 10.0. The maximum atomic E-state index is 12.1. The van der Waals surface area contributed by atoms with Crippen molar-refractivity contribution >= 4 is 5.97 Å². The van der Waals surface area contributed by atoms with Gasteiger partial charge in [-0.15, -0.1) is 0 Å². The maximum Gasteiger partial charge on any atom is 0.305 e. The Morgan fingerprint density at radius 1 is 0.206 bits per heavy atom. The van der Waals surface area contributed by atoms with Crippen molar-refractivity contribution < 1.29 is 9.53 Å². The molecule has 0 aromatic rings. The van der Waals surface area contributed by atoms with Crippen molar-refractivity contribution in [1.29, 1.82) is 0 Å². The lowest BCUT2D eigenvalue weighted by Crippen LogP contribution is -2.05. The number of hydrogen-bond donors (Lipinski definition) is 0.